The van der Waals surface area contributed by atoms with E-state index < -0.39 is 57.8 Å². The summed E-state index contributed by atoms with van der Waals surface area (Å²) < 4.78 is 22.3. The molecule has 1 unspecified atom stereocenters. The van der Waals surface area contributed by atoms with Crippen molar-refractivity contribution in [3.8, 4) is 0 Å². The molecule has 5 aliphatic rings. The normalized spacial score (nSPS) is 37.1. The molecule has 0 aromatic heterocycles. The maximum atomic E-state index is 14.3. The van der Waals surface area contributed by atoms with Gasteiger partial charge in [0, 0.05) is 18.0 Å². The second-order valence-electron chi connectivity index (χ2n) is 12.6. The summed E-state index contributed by atoms with van der Waals surface area (Å²) in [6, 6.07) is 4.57. The van der Waals surface area contributed by atoms with E-state index in [9.17, 15) is 24.0 Å². The average Bonchev–Trinajstić information content (AvgIpc) is 3.55. The van der Waals surface area contributed by atoms with Crippen molar-refractivity contribution in [2.24, 2.45) is 34.0 Å². The van der Waals surface area contributed by atoms with Crippen molar-refractivity contribution in [3.63, 3.8) is 0 Å². The smallest absolute Gasteiger partial charge is 0.343 e. The molecule has 41 heavy (non-hydrogen) atoms. The fourth-order valence-electron chi connectivity index (χ4n) is 7.81. The first-order valence-corrected chi connectivity index (χ1v) is 13.9. The topological polar surface area (TPSA) is 134 Å². The van der Waals surface area contributed by atoms with Gasteiger partial charge < -0.3 is 24.3 Å². The van der Waals surface area contributed by atoms with Crippen molar-refractivity contribution < 1.29 is 42.9 Å². The van der Waals surface area contributed by atoms with E-state index >= 15 is 0 Å². The molecule has 7 atom stereocenters. The van der Waals surface area contributed by atoms with Gasteiger partial charge in [0.25, 0.3) is 5.91 Å². The van der Waals surface area contributed by atoms with E-state index in [1.54, 1.807) is 18.4 Å². The van der Waals surface area contributed by atoms with Crippen LogP contribution in [0.1, 0.15) is 66.3 Å². The Kier molecular flexibility index (Phi) is 6.17. The molecule has 2 fully saturated rings. The van der Waals surface area contributed by atoms with Crippen LogP contribution in [0.25, 0.3) is 0 Å². The van der Waals surface area contributed by atoms with E-state index in [0.29, 0.717) is 37.0 Å². The zero-order chi connectivity index (χ0) is 29.3. The van der Waals surface area contributed by atoms with Crippen molar-refractivity contribution in [3.05, 3.63) is 59.1 Å². The van der Waals surface area contributed by atoms with Gasteiger partial charge in [-0.15, -0.1) is 0 Å². The van der Waals surface area contributed by atoms with E-state index in [1.807, 2.05) is 26.8 Å². The van der Waals surface area contributed by atoms with Crippen LogP contribution in [0.2, 0.25) is 0 Å². The predicted octanol–water partition coefficient (Wildman–Crippen LogP) is 3.25. The Morgan fingerprint density at radius 2 is 1.88 bits per heavy atom. The Morgan fingerprint density at radius 1 is 1.10 bits per heavy atom. The number of cyclic esters (lactones) is 1. The lowest BCUT2D eigenvalue weighted by Crippen LogP contribution is -2.63. The number of rotatable bonds is 4. The standard InChI is InChI=1S/C31H33NO9/c1-29(9-10-39-15-29)22-13-31(3)19(28(37)41-22)7-8-30(2)20(27(36)38-4)12-21(23(33)24(30)31)40-26(35)16-5-6-18-17(11-16)14-32-25(18)34/h5-6,9-12,19-20,22,24H,7-8,13-15H2,1-4H3,(H,32,34)/t19-,20-,22-,24-,29?,30-,31-/m0/s1. The summed E-state index contributed by atoms with van der Waals surface area (Å²) in [6.07, 6.45) is 5.57. The number of carbonyl (C=O) groups excluding carboxylic acids is 5. The molecule has 10 heteroatoms. The lowest BCUT2D eigenvalue weighted by Gasteiger charge is -2.60. The van der Waals surface area contributed by atoms with E-state index in [2.05, 4.69) is 5.32 Å². The number of methoxy groups -OCH3 is 1. The number of ether oxygens (including phenoxy) is 4. The van der Waals surface area contributed by atoms with Crippen LogP contribution in [-0.4, -0.2) is 49.4 Å². The minimum Gasteiger partial charge on any atom is -0.500 e. The highest BCUT2D eigenvalue weighted by Gasteiger charge is 2.67. The minimum atomic E-state index is -0.888. The number of benzene rings is 1. The molecule has 0 spiro atoms. The largest absolute Gasteiger partial charge is 0.500 e. The molecule has 10 nitrogen and oxygen atoms in total. The maximum absolute atomic E-state index is 14.3. The van der Waals surface area contributed by atoms with Gasteiger partial charge in [-0.2, -0.15) is 0 Å². The van der Waals surface area contributed by atoms with Crippen molar-refractivity contribution in [2.45, 2.75) is 52.7 Å². The Bertz CT molecular complexity index is 1440. The van der Waals surface area contributed by atoms with E-state index in [4.69, 9.17) is 18.9 Å². The lowest BCUT2D eigenvalue weighted by atomic mass is 9.44. The maximum Gasteiger partial charge on any atom is 0.343 e. The number of esters is 3. The van der Waals surface area contributed by atoms with Crippen LogP contribution in [0.5, 0.6) is 0 Å². The summed E-state index contributed by atoms with van der Waals surface area (Å²) in [4.78, 5) is 66.2. The van der Waals surface area contributed by atoms with Crippen LogP contribution < -0.4 is 5.32 Å². The Balaban J connectivity index is 1.38. The predicted molar refractivity (Wildman–Crippen MR) is 142 cm³/mol. The monoisotopic (exact) mass is 563 g/mol. The number of amides is 1. The summed E-state index contributed by atoms with van der Waals surface area (Å²) in [6.45, 7) is 6.38. The number of Topliss-reactive ketones (excluding diaryl/α,β-unsaturated/α-hetero) is 1. The number of ketones is 1. The van der Waals surface area contributed by atoms with Gasteiger partial charge in [-0.25, -0.2) is 4.79 Å². The molecule has 1 N–H and O–H groups in total. The molecule has 1 aromatic rings. The first-order chi connectivity index (χ1) is 19.4. The number of carbonyl (C=O) groups is 5. The number of hydrogen-bond acceptors (Lipinski definition) is 9. The lowest BCUT2D eigenvalue weighted by molar-refractivity contribution is -0.205. The summed E-state index contributed by atoms with van der Waals surface area (Å²) >= 11 is 0. The van der Waals surface area contributed by atoms with Gasteiger partial charge in [-0.3, -0.25) is 19.2 Å². The van der Waals surface area contributed by atoms with Gasteiger partial charge in [-0.1, -0.05) is 13.8 Å². The second-order valence-corrected chi connectivity index (χ2v) is 12.6. The van der Waals surface area contributed by atoms with E-state index in [0.717, 1.165) is 0 Å². The second kappa shape index (κ2) is 9.29. The third-order valence-corrected chi connectivity index (χ3v) is 10.1. The quantitative estimate of drug-likeness (QED) is 0.433. The van der Waals surface area contributed by atoms with Crippen LogP contribution in [0, 0.1) is 34.0 Å². The molecule has 2 aliphatic carbocycles. The van der Waals surface area contributed by atoms with Gasteiger partial charge in [0.1, 0.15) is 6.10 Å². The molecule has 1 saturated carbocycles. The van der Waals surface area contributed by atoms with E-state index in [-0.39, 0.29) is 29.7 Å². The molecular formula is C31H33NO9. The van der Waals surface area contributed by atoms with Gasteiger partial charge in [0.15, 0.2) is 5.76 Å². The highest BCUT2D eigenvalue weighted by atomic mass is 16.6. The fraction of sp³-hybridized carbons (Fsp3) is 0.516. The third-order valence-electron chi connectivity index (χ3n) is 10.1. The Morgan fingerprint density at radius 3 is 2.59 bits per heavy atom. The first-order valence-electron chi connectivity index (χ1n) is 13.9. The SMILES string of the molecule is COC(=O)[C@@H]1C=C(OC(=O)c2ccc3c(c2)CNC3=O)C(=O)[C@H]2[C@@]1(C)CC[C@H]1C(=O)O[C@H](C3(C)C=COC3)C[C@]21C. The number of nitrogens with one attached hydrogen (secondary N) is 1. The minimum absolute atomic E-state index is 0.173. The molecule has 216 valence electrons. The molecule has 1 amide bonds. The van der Waals surface area contributed by atoms with Crippen LogP contribution in [0.4, 0.5) is 0 Å². The van der Waals surface area contributed by atoms with Gasteiger partial charge >= 0.3 is 17.9 Å². The molecule has 1 saturated heterocycles. The molecule has 6 rings (SSSR count). The molecule has 3 aliphatic heterocycles. The van der Waals surface area contributed by atoms with Crippen molar-refractivity contribution in [2.75, 3.05) is 13.7 Å². The van der Waals surface area contributed by atoms with Crippen LogP contribution in [0.3, 0.4) is 0 Å². The van der Waals surface area contributed by atoms with Crippen molar-refractivity contribution in [1.29, 1.82) is 0 Å². The third kappa shape index (κ3) is 4.01. The van der Waals surface area contributed by atoms with Gasteiger partial charge in [0.2, 0.25) is 5.78 Å². The summed E-state index contributed by atoms with van der Waals surface area (Å²) in [5.41, 5.74) is -1.02. The summed E-state index contributed by atoms with van der Waals surface area (Å²) in [5.74, 6) is -4.84. The van der Waals surface area contributed by atoms with Crippen LogP contribution >= 0.6 is 0 Å². The Hall–Kier alpha value is -3.95. The summed E-state index contributed by atoms with van der Waals surface area (Å²) in [7, 11) is 1.28. The average molecular weight is 564 g/mol. The highest BCUT2D eigenvalue weighted by Crippen LogP contribution is 2.64. The molecule has 0 radical (unpaired) electrons. The van der Waals surface area contributed by atoms with Crippen LogP contribution in [-0.2, 0) is 39.9 Å². The van der Waals surface area contributed by atoms with Gasteiger partial charge in [-0.05, 0) is 72.9 Å². The van der Waals surface area contributed by atoms with E-state index in [1.165, 1.54) is 19.3 Å². The molecular weight excluding hydrogens is 530 g/mol. The summed E-state index contributed by atoms with van der Waals surface area (Å²) in [5, 5.41) is 2.70. The van der Waals surface area contributed by atoms with Crippen molar-refractivity contribution >= 4 is 29.6 Å². The number of hydrogen-bond donors (Lipinski definition) is 1. The van der Waals surface area contributed by atoms with Crippen LogP contribution in [0.15, 0.2) is 42.4 Å². The van der Waals surface area contributed by atoms with Crippen molar-refractivity contribution in [1.82, 2.24) is 5.32 Å². The van der Waals surface area contributed by atoms with Gasteiger partial charge in [0.05, 0.1) is 42.8 Å². The molecule has 0 bridgehead atoms. The number of allylic oxidation sites excluding steroid dienone is 1. The fourth-order valence-corrected chi connectivity index (χ4v) is 7.81. The highest BCUT2D eigenvalue weighted by molar-refractivity contribution is 6.04. The zero-order valence-electron chi connectivity index (χ0n) is 23.5. The first kappa shape index (κ1) is 27.2. The molecule has 3 heterocycles. The zero-order valence-corrected chi connectivity index (χ0v) is 23.5. The molecule has 1 aromatic carbocycles. The Labute approximate surface area is 237 Å². The number of fused-ring (bicyclic) bond motifs is 4.